The number of nitrogens with one attached hydrogen (secondary N) is 1. The Balaban J connectivity index is 2.11. The van der Waals surface area contributed by atoms with E-state index in [0.717, 1.165) is 5.92 Å². The van der Waals surface area contributed by atoms with Gasteiger partial charge in [-0.3, -0.25) is 0 Å². The molecule has 1 saturated heterocycles. The Kier molecular flexibility index (Phi) is 2.78. The quantitative estimate of drug-likeness (QED) is 0.552. The molecule has 0 radical (unpaired) electrons. The Bertz CT molecular complexity index is 90.7. The Morgan fingerprint density at radius 2 is 2.56 bits per heavy atom. The summed E-state index contributed by atoms with van der Waals surface area (Å²) in [5.41, 5.74) is 0. The van der Waals surface area contributed by atoms with Gasteiger partial charge in [0, 0.05) is 0 Å². The van der Waals surface area contributed by atoms with E-state index in [1.807, 2.05) is 0 Å². The van der Waals surface area contributed by atoms with E-state index in [-0.39, 0.29) is 0 Å². The summed E-state index contributed by atoms with van der Waals surface area (Å²) in [4.78, 5) is 0. The molecule has 52 valence electrons. The van der Waals surface area contributed by atoms with Gasteiger partial charge in [-0.1, -0.05) is 12.2 Å². The van der Waals surface area contributed by atoms with Crippen LogP contribution in [0.15, 0.2) is 12.2 Å². The number of hydrogen-bond donors (Lipinski definition) is 1. The lowest BCUT2D eigenvalue weighted by atomic mass is 10.1. The topological polar surface area (TPSA) is 12.0 Å². The summed E-state index contributed by atoms with van der Waals surface area (Å²) in [5.74, 6) is 0.918. The monoisotopic (exact) mass is 125 g/mol. The molecule has 0 saturated carbocycles. The number of allylic oxidation sites excluding steroid dienone is 2. The molecule has 9 heavy (non-hydrogen) atoms. The molecule has 0 aromatic carbocycles. The largest absolute Gasteiger partial charge is 0.316 e. The zero-order valence-electron chi connectivity index (χ0n) is 6.06. The molecule has 0 aromatic heterocycles. The van der Waals surface area contributed by atoms with Crippen molar-refractivity contribution in [2.45, 2.75) is 19.8 Å². The summed E-state index contributed by atoms with van der Waals surface area (Å²) in [7, 11) is 0. The Labute approximate surface area is 57.1 Å². The summed E-state index contributed by atoms with van der Waals surface area (Å²) in [5, 5.41) is 3.35. The van der Waals surface area contributed by atoms with Crippen LogP contribution in [0.25, 0.3) is 0 Å². The van der Waals surface area contributed by atoms with Gasteiger partial charge in [-0.2, -0.15) is 0 Å². The molecule has 1 nitrogen and oxygen atoms in total. The fourth-order valence-corrected chi connectivity index (χ4v) is 1.24. The minimum atomic E-state index is 0.918. The van der Waals surface area contributed by atoms with E-state index in [2.05, 4.69) is 24.4 Å². The third kappa shape index (κ3) is 2.19. The molecule has 1 atom stereocenters. The predicted molar refractivity (Wildman–Crippen MR) is 40.4 cm³/mol. The van der Waals surface area contributed by atoms with Crippen LogP contribution in [0.2, 0.25) is 0 Å². The van der Waals surface area contributed by atoms with Gasteiger partial charge in [0.1, 0.15) is 0 Å². The van der Waals surface area contributed by atoms with Gasteiger partial charge in [0.25, 0.3) is 0 Å². The van der Waals surface area contributed by atoms with Crippen molar-refractivity contribution in [2.75, 3.05) is 13.1 Å². The highest BCUT2D eigenvalue weighted by Crippen LogP contribution is 2.11. The van der Waals surface area contributed by atoms with E-state index in [9.17, 15) is 0 Å². The molecular formula is C8H15N. The first-order valence-corrected chi connectivity index (χ1v) is 3.75. The molecule has 1 aliphatic rings. The standard InChI is InChI=1S/C8H15N/c1-2-3-4-8-5-6-9-7-8/h2-3,8-9H,4-7H2,1H3/b3-2-. The molecule has 1 rings (SSSR count). The second-order valence-corrected chi connectivity index (χ2v) is 2.66. The molecule has 1 heterocycles. The lowest BCUT2D eigenvalue weighted by molar-refractivity contribution is 0.593. The average molecular weight is 125 g/mol. The van der Waals surface area contributed by atoms with Crippen LogP contribution in [0.5, 0.6) is 0 Å². The lowest BCUT2D eigenvalue weighted by Gasteiger charge is -2.00. The number of hydrogen-bond acceptors (Lipinski definition) is 1. The third-order valence-corrected chi connectivity index (χ3v) is 1.87. The van der Waals surface area contributed by atoms with Crippen molar-refractivity contribution in [3.05, 3.63) is 12.2 Å². The van der Waals surface area contributed by atoms with Gasteiger partial charge >= 0.3 is 0 Å². The van der Waals surface area contributed by atoms with E-state index < -0.39 is 0 Å². The van der Waals surface area contributed by atoms with Gasteiger partial charge in [0.15, 0.2) is 0 Å². The van der Waals surface area contributed by atoms with Gasteiger partial charge in [0.2, 0.25) is 0 Å². The first kappa shape index (κ1) is 6.81. The van der Waals surface area contributed by atoms with Crippen LogP contribution < -0.4 is 5.32 Å². The minimum absolute atomic E-state index is 0.918. The molecule has 0 bridgehead atoms. The van der Waals surface area contributed by atoms with Crippen LogP contribution in [0.1, 0.15) is 19.8 Å². The first-order chi connectivity index (χ1) is 4.43. The van der Waals surface area contributed by atoms with E-state index in [1.54, 1.807) is 0 Å². The van der Waals surface area contributed by atoms with Gasteiger partial charge in [-0.05, 0) is 38.8 Å². The van der Waals surface area contributed by atoms with Gasteiger partial charge in [0.05, 0.1) is 0 Å². The predicted octanol–water partition coefficient (Wildman–Crippen LogP) is 1.56. The fourth-order valence-electron chi connectivity index (χ4n) is 1.24. The van der Waals surface area contributed by atoms with Crippen molar-refractivity contribution >= 4 is 0 Å². The number of rotatable bonds is 2. The molecule has 1 aliphatic heterocycles. The van der Waals surface area contributed by atoms with Crippen molar-refractivity contribution in [1.29, 1.82) is 0 Å². The molecule has 0 spiro atoms. The van der Waals surface area contributed by atoms with Gasteiger partial charge < -0.3 is 5.32 Å². The van der Waals surface area contributed by atoms with Crippen LogP contribution in [0.3, 0.4) is 0 Å². The van der Waals surface area contributed by atoms with E-state index in [1.165, 1.54) is 25.9 Å². The van der Waals surface area contributed by atoms with Crippen molar-refractivity contribution in [3.63, 3.8) is 0 Å². The van der Waals surface area contributed by atoms with Crippen molar-refractivity contribution in [3.8, 4) is 0 Å². The molecule has 0 aliphatic carbocycles. The zero-order chi connectivity index (χ0) is 6.53. The van der Waals surface area contributed by atoms with Crippen LogP contribution in [-0.4, -0.2) is 13.1 Å². The van der Waals surface area contributed by atoms with Gasteiger partial charge in [-0.25, -0.2) is 0 Å². The first-order valence-electron chi connectivity index (χ1n) is 3.75. The second kappa shape index (κ2) is 3.67. The zero-order valence-corrected chi connectivity index (χ0v) is 6.06. The van der Waals surface area contributed by atoms with E-state index >= 15 is 0 Å². The summed E-state index contributed by atoms with van der Waals surface area (Å²) in [6.45, 7) is 4.54. The van der Waals surface area contributed by atoms with Crippen LogP contribution in [0, 0.1) is 5.92 Å². The van der Waals surface area contributed by atoms with Crippen molar-refractivity contribution in [1.82, 2.24) is 5.32 Å². The van der Waals surface area contributed by atoms with E-state index in [0.29, 0.717) is 0 Å². The Morgan fingerprint density at radius 1 is 1.67 bits per heavy atom. The fraction of sp³-hybridized carbons (Fsp3) is 0.750. The van der Waals surface area contributed by atoms with Crippen molar-refractivity contribution in [2.24, 2.45) is 5.92 Å². The Morgan fingerprint density at radius 3 is 3.11 bits per heavy atom. The molecule has 0 amide bonds. The van der Waals surface area contributed by atoms with Crippen LogP contribution in [-0.2, 0) is 0 Å². The molecule has 1 fully saturated rings. The maximum absolute atomic E-state index is 3.35. The average Bonchev–Trinajstić information content (AvgIpc) is 2.34. The summed E-state index contributed by atoms with van der Waals surface area (Å²) in [6.07, 6.45) is 7.03. The van der Waals surface area contributed by atoms with Crippen LogP contribution in [0.4, 0.5) is 0 Å². The highest BCUT2D eigenvalue weighted by atomic mass is 14.9. The van der Waals surface area contributed by atoms with Crippen molar-refractivity contribution < 1.29 is 0 Å². The maximum atomic E-state index is 3.35. The smallest absolute Gasteiger partial charge is 0.00171 e. The lowest BCUT2D eigenvalue weighted by Crippen LogP contribution is -2.08. The summed E-state index contributed by atoms with van der Waals surface area (Å²) in [6, 6.07) is 0. The molecular weight excluding hydrogens is 110 g/mol. The molecule has 1 N–H and O–H groups in total. The summed E-state index contributed by atoms with van der Waals surface area (Å²) < 4.78 is 0. The summed E-state index contributed by atoms with van der Waals surface area (Å²) >= 11 is 0. The second-order valence-electron chi connectivity index (χ2n) is 2.66. The SMILES string of the molecule is C/C=C\CC1CCNC1. The maximum Gasteiger partial charge on any atom is -0.00171 e. The third-order valence-electron chi connectivity index (χ3n) is 1.87. The molecule has 1 heteroatoms. The normalized spacial score (nSPS) is 27.9. The van der Waals surface area contributed by atoms with Crippen LogP contribution >= 0.6 is 0 Å². The highest BCUT2D eigenvalue weighted by Gasteiger charge is 2.11. The Hall–Kier alpha value is -0.300. The molecule has 1 unspecified atom stereocenters. The van der Waals surface area contributed by atoms with Gasteiger partial charge in [-0.15, -0.1) is 0 Å². The highest BCUT2D eigenvalue weighted by molar-refractivity contribution is 4.83. The van der Waals surface area contributed by atoms with E-state index in [4.69, 9.17) is 0 Å². The minimum Gasteiger partial charge on any atom is -0.316 e. The molecule has 0 aromatic rings.